The van der Waals surface area contributed by atoms with Crippen molar-refractivity contribution in [2.45, 2.75) is 19.3 Å². The molecule has 7 heteroatoms. The van der Waals surface area contributed by atoms with Crippen molar-refractivity contribution in [3.63, 3.8) is 0 Å². The van der Waals surface area contributed by atoms with Crippen LogP contribution in [-0.4, -0.2) is 20.7 Å². The van der Waals surface area contributed by atoms with Gasteiger partial charge >= 0.3 is 0 Å². The SMILES string of the molecule is Cc1c(N)cccc1-c1cc(N)c2cnc(NC(=O)[C@H]3C[C@@H]3c3cnn(C)c3)cc2c1. The Morgan fingerprint density at radius 1 is 1.16 bits per heavy atom. The minimum atomic E-state index is -0.0481. The van der Waals surface area contributed by atoms with Crippen LogP contribution in [-0.2, 0) is 11.8 Å². The summed E-state index contributed by atoms with van der Waals surface area (Å²) in [7, 11) is 1.88. The van der Waals surface area contributed by atoms with Crippen LogP contribution in [0.15, 0.2) is 55.0 Å². The van der Waals surface area contributed by atoms with Gasteiger partial charge in [-0.2, -0.15) is 5.10 Å². The molecule has 1 fully saturated rings. The largest absolute Gasteiger partial charge is 0.398 e. The second-order valence-electron chi connectivity index (χ2n) is 8.26. The zero-order valence-corrected chi connectivity index (χ0v) is 17.5. The molecule has 1 amide bonds. The van der Waals surface area contributed by atoms with E-state index in [0.29, 0.717) is 11.5 Å². The Bertz CT molecular complexity index is 1330. The molecular weight excluding hydrogens is 388 g/mol. The molecule has 31 heavy (non-hydrogen) atoms. The fourth-order valence-electron chi connectivity index (χ4n) is 4.18. The van der Waals surface area contributed by atoms with E-state index in [4.69, 9.17) is 11.5 Å². The van der Waals surface area contributed by atoms with Gasteiger partial charge in [0.25, 0.3) is 0 Å². The number of fused-ring (bicyclic) bond motifs is 1. The normalized spacial score (nSPS) is 17.6. The molecule has 0 unspecified atom stereocenters. The average molecular weight is 412 g/mol. The number of anilines is 3. The Morgan fingerprint density at radius 2 is 2.00 bits per heavy atom. The Morgan fingerprint density at radius 3 is 2.77 bits per heavy atom. The summed E-state index contributed by atoms with van der Waals surface area (Å²) in [6.45, 7) is 2.00. The number of carbonyl (C=O) groups excluding carboxylic acids is 1. The van der Waals surface area contributed by atoms with Crippen molar-refractivity contribution in [1.29, 1.82) is 0 Å². The van der Waals surface area contributed by atoms with Crippen LogP contribution in [0.2, 0.25) is 0 Å². The molecule has 1 aliphatic rings. The number of benzene rings is 2. The number of aromatic nitrogens is 3. The first-order valence-electron chi connectivity index (χ1n) is 10.2. The van der Waals surface area contributed by atoms with E-state index in [2.05, 4.69) is 21.5 Å². The Balaban J connectivity index is 1.42. The molecule has 2 heterocycles. The first kappa shape index (κ1) is 19.1. The standard InChI is InChI=1S/C24H24N6O/c1-13-17(4-3-5-21(13)25)14-6-15-8-23(27-11-20(15)22(26)7-14)29-24(31)19-9-18(19)16-10-28-30(2)12-16/h3-8,10-12,18-19H,9,25-26H2,1-2H3,(H,27,29,31)/t18-,19+/m1/s1. The molecule has 0 bridgehead atoms. The molecular formula is C24H24N6O. The third-order valence-electron chi connectivity index (χ3n) is 6.09. The number of hydrogen-bond acceptors (Lipinski definition) is 5. The number of pyridine rings is 1. The summed E-state index contributed by atoms with van der Waals surface area (Å²) in [5.74, 6) is 0.683. The van der Waals surface area contributed by atoms with E-state index in [9.17, 15) is 4.79 Å². The molecule has 0 spiro atoms. The molecule has 0 radical (unpaired) electrons. The summed E-state index contributed by atoms with van der Waals surface area (Å²) in [5, 5.41) is 8.93. The number of hydrogen-bond donors (Lipinski definition) is 3. The summed E-state index contributed by atoms with van der Waals surface area (Å²) in [6.07, 6.45) is 6.34. The third-order valence-corrected chi connectivity index (χ3v) is 6.09. The van der Waals surface area contributed by atoms with Crippen molar-refractivity contribution in [2.75, 3.05) is 16.8 Å². The Hall–Kier alpha value is -3.87. The number of rotatable bonds is 4. The maximum Gasteiger partial charge on any atom is 0.229 e. The minimum absolute atomic E-state index is 0.0171. The molecule has 2 aromatic heterocycles. The number of nitrogens with two attached hydrogens (primary N) is 2. The maximum atomic E-state index is 12.7. The summed E-state index contributed by atoms with van der Waals surface area (Å²) >= 11 is 0. The average Bonchev–Trinajstić information content (AvgIpc) is 3.43. The van der Waals surface area contributed by atoms with Gasteiger partial charge in [-0.15, -0.1) is 0 Å². The highest BCUT2D eigenvalue weighted by Gasteiger charge is 2.44. The lowest BCUT2D eigenvalue weighted by molar-refractivity contribution is -0.117. The van der Waals surface area contributed by atoms with E-state index in [1.165, 1.54) is 0 Å². The highest BCUT2D eigenvalue weighted by atomic mass is 16.2. The molecule has 156 valence electrons. The molecule has 2 atom stereocenters. The van der Waals surface area contributed by atoms with Gasteiger partial charge in [0.15, 0.2) is 0 Å². The molecule has 5 rings (SSSR count). The van der Waals surface area contributed by atoms with Crippen molar-refractivity contribution in [3.05, 3.63) is 66.1 Å². The van der Waals surface area contributed by atoms with Gasteiger partial charge in [0.2, 0.25) is 5.91 Å². The molecule has 0 saturated heterocycles. The lowest BCUT2D eigenvalue weighted by atomic mass is 9.96. The van der Waals surface area contributed by atoms with Crippen LogP contribution in [0.5, 0.6) is 0 Å². The summed E-state index contributed by atoms with van der Waals surface area (Å²) in [5.41, 5.74) is 17.9. The van der Waals surface area contributed by atoms with Crippen molar-refractivity contribution in [1.82, 2.24) is 14.8 Å². The third kappa shape index (κ3) is 3.48. The predicted octanol–water partition coefficient (Wildman–Crippen LogP) is 3.85. The number of nitrogens with zero attached hydrogens (tertiary/aromatic N) is 3. The topological polar surface area (TPSA) is 112 Å². The van der Waals surface area contributed by atoms with Gasteiger partial charge in [-0.05, 0) is 71.2 Å². The van der Waals surface area contributed by atoms with E-state index in [1.807, 2.05) is 56.7 Å². The maximum absolute atomic E-state index is 12.7. The number of nitrogens with one attached hydrogen (secondary N) is 1. The lowest BCUT2D eigenvalue weighted by Gasteiger charge is -2.12. The number of amides is 1. The summed E-state index contributed by atoms with van der Waals surface area (Å²) in [6, 6.07) is 11.7. The van der Waals surface area contributed by atoms with Crippen molar-refractivity contribution in [2.24, 2.45) is 13.0 Å². The molecule has 5 N–H and O–H groups in total. The van der Waals surface area contributed by atoms with Gasteiger partial charge in [0, 0.05) is 42.1 Å². The predicted molar refractivity (Wildman–Crippen MR) is 123 cm³/mol. The smallest absolute Gasteiger partial charge is 0.229 e. The molecule has 1 aliphatic carbocycles. The Kier molecular flexibility index (Phi) is 4.39. The molecule has 1 saturated carbocycles. The van der Waals surface area contributed by atoms with E-state index >= 15 is 0 Å². The monoisotopic (exact) mass is 412 g/mol. The lowest BCUT2D eigenvalue weighted by Crippen LogP contribution is -2.15. The summed E-state index contributed by atoms with van der Waals surface area (Å²) < 4.78 is 1.76. The molecule has 7 nitrogen and oxygen atoms in total. The van der Waals surface area contributed by atoms with Gasteiger partial charge < -0.3 is 16.8 Å². The fourth-order valence-corrected chi connectivity index (χ4v) is 4.18. The fraction of sp³-hybridized carbons (Fsp3) is 0.208. The number of nitrogen functional groups attached to an aromatic ring is 2. The van der Waals surface area contributed by atoms with Crippen LogP contribution >= 0.6 is 0 Å². The van der Waals surface area contributed by atoms with Crippen LogP contribution in [0, 0.1) is 12.8 Å². The summed E-state index contributed by atoms with van der Waals surface area (Å²) in [4.78, 5) is 17.1. The van der Waals surface area contributed by atoms with Gasteiger partial charge in [-0.25, -0.2) is 4.98 Å². The minimum Gasteiger partial charge on any atom is -0.398 e. The van der Waals surface area contributed by atoms with Crippen LogP contribution in [0.4, 0.5) is 17.2 Å². The van der Waals surface area contributed by atoms with Gasteiger partial charge in [0.05, 0.1) is 6.20 Å². The molecule has 2 aromatic carbocycles. The highest BCUT2D eigenvalue weighted by Crippen LogP contribution is 2.47. The highest BCUT2D eigenvalue weighted by molar-refractivity contribution is 6.00. The van der Waals surface area contributed by atoms with Crippen LogP contribution in [0.3, 0.4) is 0 Å². The number of aryl methyl sites for hydroxylation is 1. The van der Waals surface area contributed by atoms with Gasteiger partial charge in [0.1, 0.15) is 5.82 Å². The van der Waals surface area contributed by atoms with Crippen molar-refractivity contribution >= 4 is 33.9 Å². The second kappa shape index (κ2) is 7.12. The van der Waals surface area contributed by atoms with Crippen LogP contribution in [0.1, 0.15) is 23.5 Å². The van der Waals surface area contributed by atoms with Gasteiger partial charge in [-0.1, -0.05) is 12.1 Å². The second-order valence-corrected chi connectivity index (χ2v) is 8.26. The zero-order valence-electron chi connectivity index (χ0n) is 17.5. The quantitative estimate of drug-likeness (QED) is 0.441. The van der Waals surface area contributed by atoms with Crippen LogP contribution in [0.25, 0.3) is 21.9 Å². The Labute approximate surface area is 180 Å². The first-order valence-corrected chi connectivity index (χ1v) is 10.2. The molecule has 0 aliphatic heterocycles. The van der Waals surface area contributed by atoms with Crippen molar-refractivity contribution < 1.29 is 4.79 Å². The first-order chi connectivity index (χ1) is 14.9. The number of carbonyl (C=O) groups is 1. The van der Waals surface area contributed by atoms with E-state index in [1.54, 1.807) is 10.9 Å². The van der Waals surface area contributed by atoms with E-state index in [-0.39, 0.29) is 17.7 Å². The van der Waals surface area contributed by atoms with Gasteiger partial charge in [-0.3, -0.25) is 9.48 Å². The van der Waals surface area contributed by atoms with E-state index in [0.717, 1.165) is 45.1 Å². The van der Waals surface area contributed by atoms with E-state index < -0.39 is 0 Å². The zero-order chi connectivity index (χ0) is 21.7. The molecule has 4 aromatic rings. The van der Waals surface area contributed by atoms with Crippen molar-refractivity contribution in [3.8, 4) is 11.1 Å². The van der Waals surface area contributed by atoms with Crippen LogP contribution < -0.4 is 16.8 Å².